The first-order valence-corrected chi connectivity index (χ1v) is 9.34. The van der Waals surface area contributed by atoms with Crippen molar-refractivity contribution < 1.29 is 9.53 Å². The summed E-state index contributed by atoms with van der Waals surface area (Å²) >= 11 is 0. The van der Waals surface area contributed by atoms with E-state index in [1.54, 1.807) is 7.11 Å². The van der Waals surface area contributed by atoms with Crippen molar-refractivity contribution in [2.24, 2.45) is 0 Å². The van der Waals surface area contributed by atoms with Gasteiger partial charge in [-0.2, -0.15) is 0 Å². The van der Waals surface area contributed by atoms with Crippen molar-refractivity contribution >= 4 is 17.1 Å². The molecule has 0 bridgehead atoms. The summed E-state index contributed by atoms with van der Waals surface area (Å²) in [6.45, 7) is 1.90. The summed E-state index contributed by atoms with van der Waals surface area (Å²) in [5.41, 5.74) is 3.00. The van der Waals surface area contributed by atoms with Crippen LogP contribution in [0.5, 0.6) is 5.75 Å². The number of ether oxygens (including phenoxy) is 1. The molecule has 27 heavy (non-hydrogen) atoms. The summed E-state index contributed by atoms with van der Waals surface area (Å²) in [7, 11) is 1.64. The molecule has 1 atom stereocenters. The predicted octanol–water partition coefficient (Wildman–Crippen LogP) is 3.66. The third-order valence-electron chi connectivity index (χ3n) is 5.13. The number of aromatic nitrogens is 2. The van der Waals surface area contributed by atoms with Crippen LogP contribution in [0.1, 0.15) is 30.1 Å². The topological polar surface area (TPSA) is 70.2 Å². The normalized spacial score (nSPS) is 17.1. The minimum Gasteiger partial charge on any atom is -0.496 e. The number of hydrogen-bond donors (Lipinski definition) is 2. The van der Waals surface area contributed by atoms with Gasteiger partial charge in [0.1, 0.15) is 11.6 Å². The monoisotopic (exact) mass is 364 g/mol. The Morgan fingerprint density at radius 1 is 1.26 bits per heavy atom. The number of rotatable bonds is 4. The number of nitrogens with zero attached hydrogens (tertiary/aromatic N) is 2. The molecule has 140 valence electrons. The number of fused-ring (bicyclic) bond motifs is 1. The average Bonchev–Trinajstić information content (AvgIpc) is 3.16. The van der Waals surface area contributed by atoms with Crippen LogP contribution >= 0.6 is 0 Å². The van der Waals surface area contributed by atoms with E-state index in [2.05, 4.69) is 10.3 Å². The molecule has 6 heteroatoms. The molecule has 2 amide bonds. The molecule has 0 radical (unpaired) electrons. The number of amides is 2. The van der Waals surface area contributed by atoms with E-state index < -0.39 is 0 Å². The quantitative estimate of drug-likeness (QED) is 0.742. The number of nitrogens with one attached hydrogen (secondary N) is 2. The standard InChI is InChI=1S/C21H24N4O2/c1-27-19-11-5-2-7-15(19)13-22-21(26)25-12-6-8-16(14-25)20-23-17-9-3-4-10-18(17)24-20/h2-5,7,9-11,16H,6,8,12-14H2,1H3,(H,22,26)(H,23,24). The summed E-state index contributed by atoms with van der Waals surface area (Å²) < 4.78 is 5.35. The van der Waals surface area contributed by atoms with Crippen LogP contribution < -0.4 is 10.1 Å². The molecule has 1 unspecified atom stereocenters. The van der Waals surface area contributed by atoms with E-state index in [0.29, 0.717) is 13.1 Å². The van der Waals surface area contributed by atoms with Gasteiger partial charge in [-0.15, -0.1) is 0 Å². The molecule has 6 nitrogen and oxygen atoms in total. The van der Waals surface area contributed by atoms with E-state index in [9.17, 15) is 4.79 Å². The zero-order chi connectivity index (χ0) is 18.6. The Bertz CT molecular complexity index is 904. The minimum atomic E-state index is -0.0401. The molecule has 0 saturated carbocycles. The SMILES string of the molecule is COc1ccccc1CNC(=O)N1CCCC(c2nc3ccccc3[nH]2)C1. The molecule has 1 aliphatic rings. The van der Waals surface area contributed by atoms with Crippen LogP contribution in [-0.4, -0.2) is 41.1 Å². The van der Waals surface area contributed by atoms with Crippen molar-refractivity contribution in [2.75, 3.05) is 20.2 Å². The number of hydrogen-bond acceptors (Lipinski definition) is 3. The fourth-order valence-corrected chi connectivity index (χ4v) is 3.68. The van der Waals surface area contributed by atoms with Gasteiger partial charge in [-0.1, -0.05) is 30.3 Å². The van der Waals surface area contributed by atoms with Crippen molar-refractivity contribution in [3.63, 3.8) is 0 Å². The van der Waals surface area contributed by atoms with Crippen LogP contribution in [0.3, 0.4) is 0 Å². The van der Waals surface area contributed by atoms with Crippen LogP contribution in [0.4, 0.5) is 4.79 Å². The number of carbonyl (C=O) groups excluding carboxylic acids is 1. The molecule has 3 aromatic rings. The van der Waals surface area contributed by atoms with Gasteiger partial charge in [-0.3, -0.25) is 0 Å². The van der Waals surface area contributed by atoms with Crippen molar-refractivity contribution in [2.45, 2.75) is 25.3 Å². The molecule has 1 fully saturated rings. The second kappa shape index (κ2) is 7.70. The molecular weight excluding hydrogens is 340 g/mol. The van der Waals surface area contributed by atoms with E-state index in [0.717, 1.165) is 47.6 Å². The maximum atomic E-state index is 12.7. The molecule has 0 aliphatic carbocycles. The Labute approximate surface area is 158 Å². The highest BCUT2D eigenvalue weighted by molar-refractivity contribution is 5.75. The lowest BCUT2D eigenvalue weighted by Crippen LogP contribution is -2.44. The highest BCUT2D eigenvalue weighted by atomic mass is 16.5. The maximum Gasteiger partial charge on any atom is 0.317 e. The van der Waals surface area contributed by atoms with E-state index in [-0.39, 0.29) is 11.9 Å². The molecule has 1 aromatic heterocycles. The molecular formula is C21H24N4O2. The number of para-hydroxylation sites is 3. The minimum absolute atomic E-state index is 0.0401. The third-order valence-corrected chi connectivity index (χ3v) is 5.13. The van der Waals surface area contributed by atoms with Crippen LogP contribution in [0.2, 0.25) is 0 Å². The lowest BCUT2D eigenvalue weighted by atomic mass is 9.97. The largest absolute Gasteiger partial charge is 0.496 e. The van der Waals surface area contributed by atoms with Crippen molar-refractivity contribution in [1.82, 2.24) is 20.2 Å². The van der Waals surface area contributed by atoms with E-state index in [1.165, 1.54) is 0 Å². The smallest absolute Gasteiger partial charge is 0.317 e. The Balaban J connectivity index is 1.40. The zero-order valence-electron chi connectivity index (χ0n) is 15.4. The molecule has 4 rings (SSSR count). The molecule has 1 aliphatic heterocycles. The second-order valence-corrected chi connectivity index (χ2v) is 6.89. The van der Waals surface area contributed by atoms with Crippen LogP contribution in [0, 0.1) is 0 Å². The zero-order valence-corrected chi connectivity index (χ0v) is 15.4. The van der Waals surface area contributed by atoms with Gasteiger partial charge in [0.2, 0.25) is 0 Å². The molecule has 2 N–H and O–H groups in total. The molecule has 1 saturated heterocycles. The summed E-state index contributed by atoms with van der Waals surface area (Å²) in [4.78, 5) is 22.7. The highest BCUT2D eigenvalue weighted by Gasteiger charge is 2.26. The number of piperidine rings is 1. The second-order valence-electron chi connectivity index (χ2n) is 6.89. The summed E-state index contributed by atoms with van der Waals surface area (Å²) in [6.07, 6.45) is 2.01. The van der Waals surface area contributed by atoms with Gasteiger partial charge in [0, 0.05) is 31.1 Å². The Kier molecular flexibility index (Phi) is 4.96. The number of benzene rings is 2. The average molecular weight is 364 g/mol. The Morgan fingerprint density at radius 2 is 2.07 bits per heavy atom. The molecule has 2 aromatic carbocycles. The maximum absolute atomic E-state index is 12.7. The van der Waals surface area contributed by atoms with Gasteiger partial charge in [0.25, 0.3) is 0 Å². The fourth-order valence-electron chi connectivity index (χ4n) is 3.68. The first-order chi connectivity index (χ1) is 13.2. The molecule has 2 heterocycles. The van der Waals surface area contributed by atoms with Gasteiger partial charge in [-0.05, 0) is 31.0 Å². The number of urea groups is 1. The van der Waals surface area contributed by atoms with Gasteiger partial charge in [0.15, 0.2) is 0 Å². The first kappa shape index (κ1) is 17.4. The van der Waals surface area contributed by atoms with E-state index in [1.807, 2.05) is 53.4 Å². The van der Waals surface area contributed by atoms with Crippen LogP contribution in [0.25, 0.3) is 11.0 Å². The number of imidazole rings is 1. The third kappa shape index (κ3) is 3.74. The Morgan fingerprint density at radius 3 is 2.93 bits per heavy atom. The summed E-state index contributed by atoms with van der Waals surface area (Å²) in [6, 6.07) is 15.7. The predicted molar refractivity (Wildman–Crippen MR) is 105 cm³/mol. The number of aromatic amines is 1. The van der Waals surface area contributed by atoms with Crippen molar-refractivity contribution in [3.05, 3.63) is 59.9 Å². The van der Waals surface area contributed by atoms with Crippen LogP contribution in [-0.2, 0) is 6.54 Å². The van der Waals surface area contributed by atoms with Gasteiger partial charge in [0.05, 0.1) is 18.1 Å². The van der Waals surface area contributed by atoms with Gasteiger partial charge < -0.3 is 19.9 Å². The number of carbonyl (C=O) groups is 1. The van der Waals surface area contributed by atoms with Crippen molar-refractivity contribution in [3.8, 4) is 5.75 Å². The van der Waals surface area contributed by atoms with E-state index >= 15 is 0 Å². The van der Waals surface area contributed by atoms with Crippen LogP contribution in [0.15, 0.2) is 48.5 Å². The summed E-state index contributed by atoms with van der Waals surface area (Å²) in [5.74, 6) is 2.00. The van der Waals surface area contributed by atoms with Gasteiger partial charge in [-0.25, -0.2) is 9.78 Å². The van der Waals surface area contributed by atoms with E-state index in [4.69, 9.17) is 9.72 Å². The fraction of sp³-hybridized carbons (Fsp3) is 0.333. The van der Waals surface area contributed by atoms with Crippen molar-refractivity contribution in [1.29, 1.82) is 0 Å². The Hall–Kier alpha value is -3.02. The number of methoxy groups -OCH3 is 1. The lowest BCUT2D eigenvalue weighted by molar-refractivity contribution is 0.178. The highest BCUT2D eigenvalue weighted by Crippen LogP contribution is 2.27. The first-order valence-electron chi connectivity index (χ1n) is 9.34. The number of H-pyrrole nitrogens is 1. The summed E-state index contributed by atoms with van der Waals surface area (Å²) in [5, 5.41) is 3.02. The number of likely N-dealkylation sites (tertiary alicyclic amines) is 1. The van der Waals surface area contributed by atoms with Gasteiger partial charge >= 0.3 is 6.03 Å². The molecule has 0 spiro atoms. The lowest BCUT2D eigenvalue weighted by Gasteiger charge is -2.32.